The van der Waals surface area contributed by atoms with Gasteiger partial charge in [-0.2, -0.15) is 0 Å². The molecule has 4 heteroatoms. The molecular formula is C14H25NO3. The van der Waals surface area contributed by atoms with Gasteiger partial charge in [0.25, 0.3) is 0 Å². The molecule has 2 aliphatic rings. The number of hydrogen-bond donors (Lipinski definition) is 1. The fourth-order valence-corrected chi connectivity index (χ4v) is 3.34. The van der Waals surface area contributed by atoms with E-state index in [1.54, 1.807) is 0 Å². The summed E-state index contributed by atoms with van der Waals surface area (Å²) in [5.74, 6) is 0.686. The molecular weight excluding hydrogens is 230 g/mol. The van der Waals surface area contributed by atoms with E-state index in [-0.39, 0.29) is 12.0 Å². The van der Waals surface area contributed by atoms with Gasteiger partial charge >= 0.3 is 5.97 Å². The van der Waals surface area contributed by atoms with Gasteiger partial charge in [-0.25, -0.2) is 0 Å². The number of ether oxygens (including phenoxy) is 2. The molecule has 0 bridgehead atoms. The Hall–Kier alpha value is -0.610. The number of esters is 1. The second-order valence-corrected chi connectivity index (χ2v) is 5.63. The Labute approximate surface area is 109 Å². The van der Waals surface area contributed by atoms with Crippen LogP contribution in [-0.4, -0.2) is 38.4 Å². The SMILES string of the molecule is COC(=O)[C@H]1CC[C@@H](CC2CCC(OC)CC2)N1. The highest BCUT2D eigenvalue weighted by Crippen LogP contribution is 2.31. The molecule has 2 atom stereocenters. The van der Waals surface area contributed by atoms with Crippen molar-refractivity contribution in [2.45, 2.75) is 63.1 Å². The Balaban J connectivity index is 1.70. The first kappa shape index (κ1) is 13.8. The molecule has 18 heavy (non-hydrogen) atoms. The number of nitrogens with one attached hydrogen (secondary N) is 1. The number of hydrogen-bond acceptors (Lipinski definition) is 4. The Morgan fingerprint density at radius 3 is 2.44 bits per heavy atom. The van der Waals surface area contributed by atoms with E-state index in [1.807, 2.05) is 7.11 Å². The first-order valence-electron chi connectivity index (χ1n) is 7.09. The molecule has 0 amide bonds. The minimum atomic E-state index is -0.111. The van der Waals surface area contributed by atoms with Crippen LogP contribution >= 0.6 is 0 Å². The summed E-state index contributed by atoms with van der Waals surface area (Å²) in [5.41, 5.74) is 0. The van der Waals surface area contributed by atoms with E-state index in [2.05, 4.69) is 5.32 Å². The van der Waals surface area contributed by atoms with Gasteiger partial charge in [0, 0.05) is 13.2 Å². The summed E-state index contributed by atoms with van der Waals surface area (Å²) in [5, 5.41) is 3.41. The van der Waals surface area contributed by atoms with Gasteiger partial charge in [-0.15, -0.1) is 0 Å². The first-order chi connectivity index (χ1) is 8.72. The summed E-state index contributed by atoms with van der Waals surface area (Å²) in [6.07, 6.45) is 8.60. The van der Waals surface area contributed by atoms with Crippen molar-refractivity contribution in [3.8, 4) is 0 Å². The van der Waals surface area contributed by atoms with Crippen LogP contribution in [0.1, 0.15) is 44.9 Å². The van der Waals surface area contributed by atoms with E-state index < -0.39 is 0 Å². The van der Waals surface area contributed by atoms with Crippen LogP contribution in [0.3, 0.4) is 0 Å². The summed E-state index contributed by atoms with van der Waals surface area (Å²) in [6, 6.07) is 0.425. The van der Waals surface area contributed by atoms with E-state index in [9.17, 15) is 4.79 Å². The third-order valence-corrected chi connectivity index (χ3v) is 4.47. The second-order valence-electron chi connectivity index (χ2n) is 5.63. The standard InChI is InChI=1S/C14H25NO3/c1-17-12-6-3-10(4-7-12)9-11-5-8-13(15-11)14(16)18-2/h10-13,15H,3-9H2,1-2H3/t10?,11-,12?,13+/m0/s1. The highest BCUT2D eigenvalue weighted by Gasteiger charge is 2.32. The van der Waals surface area contributed by atoms with Gasteiger partial charge in [0.05, 0.1) is 13.2 Å². The number of carbonyl (C=O) groups excluding carboxylic acids is 1. The molecule has 1 N–H and O–H groups in total. The molecule has 0 spiro atoms. The van der Waals surface area contributed by atoms with Crippen molar-refractivity contribution in [3.63, 3.8) is 0 Å². The minimum absolute atomic E-state index is 0.0738. The average Bonchev–Trinajstić information content (AvgIpc) is 2.87. The molecule has 0 radical (unpaired) electrons. The van der Waals surface area contributed by atoms with Crippen LogP contribution in [0.4, 0.5) is 0 Å². The molecule has 2 rings (SSSR count). The maximum Gasteiger partial charge on any atom is 0.322 e. The van der Waals surface area contributed by atoms with Crippen molar-refractivity contribution in [3.05, 3.63) is 0 Å². The highest BCUT2D eigenvalue weighted by molar-refractivity contribution is 5.76. The maximum absolute atomic E-state index is 11.4. The van der Waals surface area contributed by atoms with E-state index in [0.717, 1.165) is 18.8 Å². The van der Waals surface area contributed by atoms with Crippen LogP contribution < -0.4 is 5.32 Å². The molecule has 0 aromatic heterocycles. The predicted octanol–water partition coefficient (Wildman–Crippen LogP) is 1.88. The van der Waals surface area contributed by atoms with Crippen LogP contribution in [0, 0.1) is 5.92 Å². The molecule has 0 aromatic carbocycles. The molecule has 1 heterocycles. The van der Waals surface area contributed by atoms with Crippen molar-refractivity contribution in [2.24, 2.45) is 5.92 Å². The molecule has 1 saturated heterocycles. The van der Waals surface area contributed by atoms with Crippen molar-refractivity contribution >= 4 is 5.97 Å². The Bertz CT molecular complexity index is 274. The van der Waals surface area contributed by atoms with Gasteiger partial charge in [0.1, 0.15) is 6.04 Å². The largest absolute Gasteiger partial charge is 0.468 e. The van der Waals surface area contributed by atoms with E-state index >= 15 is 0 Å². The molecule has 0 unspecified atom stereocenters. The molecule has 4 nitrogen and oxygen atoms in total. The Kier molecular flexibility index (Phi) is 5.01. The predicted molar refractivity (Wildman–Crippen MR) is 69.3 cm³/mol. The zero-order chi connectivity index (χ0) is 13.0. The van der Waals surface area contributed by atoms with Gasteiger partial charge in [0.2, 0.25) is 0 Å². The third kappa shape index (κ3) is 3.45. The topological polar surface area (TPSA) is 47.6 Å². The molecule has 1 aliphatic heterocycles. The lowest BCUT2D eigenvalue weighted by Gasteiger charge is -2.29. The highest BCUT2D eigenvalue weighted by atomic mass is 16.5. The molecule has 104 valence electrons. The summed E-state index contributed by atoms with van der Waals surface area (Å²) in [4.78, 5) is 11.4. The van der Waals surface area contributed by atoms with Crippen molar-refractivity contribution < 1.29 is 14.3 Å². The van der Waals surface area contributed by atoms with Crippen molar-refractivity contribution in [1.29, 1.82) is 0 Å². The van der Waals surface area contributed by atoms with Gasteiger partial charge in [-0.3, -0.25) is 4.79 Å². The van der Waals surface area contributed by atoms with Gasteiger partial charge in [-0.05, 0) is 50.9 Å². The van der Waals surface area contributed by atoms with Gasteiger partial charge in [-0.1, -0.05) is 0 Å². The molecule has 1 aliphatic carbocycles. The molecule has 2 fully saturated rings. The Morgan fingerprint density at radius 1 is 1.11 bits per heavy atom. The minimum Gasteiger partial charge on any atom is -0.468 e. The monoisotopic (exact) mass is 255 g/mol. The summed E-state index contributed by atoms with van der Waals surface area (Å²) in [6.45, 7) is 0. The maximum atomic E-state index is 11.4. The summed E-state index contributed by atoms with van der Waals surface area (Å²) in [7, 11) is 3.27. The fourth-order valence-electron chi connectivity index (χ4n) is 3.34. The van der Waals surface area contributed by atoms with Crippen molar-refractivity contribution in [1.82, 2.24) is 5.32 Å². The van der Waals surface area contributed by atoms with Gasteiger partial charge in [0.15, 0.2) is 0 Å². The van der Waals surface area contributed by atoms with E-state index in [4.69, 9.17) is 9.47 Å². The van der Waals surface area contributed by atoms with Crippen LogP contribution in [0.15, 0.2) is 0 Å². The number of rotatable bonds is 4. The third-order valence-electron chi connectivity index (χ3n) is 4.47. The zero-order valence-electron chi connectivity index (χ0n) is 11.5. The lowest BCUT2D eigenvalue weighted by atomic mass is 9.83. The lowest BCUT2D eigenvalue weighted by Crippen LogP contribution is -2.37. The quantitative estimate of drug-likeness (QED) is 0.779. The smallest absolute Gasteiger partial charge is 0.322 e. The summed E-state index contributed by atoms with van der Waals surface area (Å²) < 4.78 is 10.2. The van der Waals surface area contributed by atoms with Crippen molar-refractivity contribution in [2.75, 3.05) is 14.2 Å². The number of methoxy groups -OCH3 is 2. The van der Waals surface area contributed by atoms with Gasteiger partial charge < -0.3 is 14.8 Å². The van der Waals surface area contributed by atoms with E-state index in [1.165, 1.54) is 39.2 Å². The first-order valence-corrected chi connectivity index (χ1v) is 7.09. The molecule has 0 aromatic rings. The van der Waals surface area contributed by atoms with Crippen LogP contribution in [0.25, 0.3) is 0 Å². The lowest BCUT2D eigenvalue weighted by molar-refractivity contribution is -0.142. The van der Waals surface area contributed by atoms with Crippen LogP contribution in [0.2, 0.25) is 0 Å². The zero-order valence-corrected chi connectivity index (χ0v) is 11.5. The van der Waals surface area contributed by atoms with E-state index in [0.29, 0.717) is 12.1 Å². The normalized spacial score (nSPS) is 36.6. The second kappa shape index (κ2) is 6.53. The Morgan fingerprint density at radius 2 is 1.83 bits per heavy atom. The summed E-state index contributed by atoms with van der Waals surface area (Å²) >= 11 is 0. The number of carbonyl (C=O) groups is 1. The van der Waals surface area contributed by atoms with Crippen LogP contribution in [-0.2, 0) is 14.3 Å². The van der Waals surface area contributed by atoms with Crippen LogP contribution in [0.5, 0.6) is 0 Å². The molecule has 1 saturated carbocycles. The fraction of sp³-hybridized carbons (Fsp3) is 0.929. The average molecular weight is 255 g/mol.